The first-order chi connectivity index (χ1) is 15.6. The molecule has 0 saturated carbocycles. The van der Waals surface area contributed by atoms with Gasteiger partial charge >= 0.3 is 5.97 Å². The van der Waals surface area contributed by atoms with Crippen LogP contribution in [0.3, 0.4) is 0 Å². The Kier molecular flexibility index (Phi) is 6.18. The molecule has 2 unspecified atom stereocenters. The number of amidine groups is 1. The van der Waals surface area contributed by atoms with Crippen molar-refractivity contribution in [3.05, 3.63) is 74.8 Å². The maximum absolute atomic E-state index is 15.2. The van der Waals surface area contributed by atoms with Crippen LogP contribution in [-0.2, 0) is 15.1 Å². The normalized spacial score (nSPS) is 22.1. The van der Waals surface area contributed by atoms with Crippen molar-refractivity contribution in [2.24, 2.45) is 10.9 Å². The molecule has 2 N–H and O–H groups in total. The van der Waals surface area contributed by atoms with Crippen LogP contribution in [0.15, 0.2) is 52.0 Å². The number of esters is 1. The third-order valence-corrected chi connectivity index (χ3v) is 7.17. The molecule has 2 aromatic carbocycles. The van der Waals surface area contributed by atoms with Gasteiger partial charge in [-0.25, -0.2) is 18.6 Å². The number of carbonyl (C=O) groups excluding carboxylic acids is 1. The van der Waals surface area contributed by atoms with E-state index in [1.165, 1.54) is 30.0 Å². The van der Waals surface area contributed by atoms with Gasteiger partial charge in [-0.05, 0) is 61.4 Å². The zero-order chi connectivity index (χ0) is 24.1. The third kappa shape index (κ3) is 3.89. The zero-order valence-electron chi connectivity index (χ0n) is 18.7. The summed E-state index contributed by atoms with van der Waals surface area (Å²) in [6.45, 7) is 7.69. The van der Waals surface area contributed by atoms with Crippen LogP contribution in [0.25, 0.3) is 0 Å². The van der Waals surface area contributed by atoms with E-state index in [-0.39, 0.29) is 17.5 Å². The van der Waals surface area contributed by atoms with Crippen LogP contribution in [0, 0.1) is 17.6 Å². The number of hydrogen-bond acceptors (Lipinski definition) is 6. The van der Waals surface area contributed by atoms with Gasteiger partial charge in [0.25, 0.3) is 0 Å². The number of nitrogens with two attached hydrogens (primary N) is 1. The molecule has 2 aliphatic heterocycles. The molecule has 0 aliphatic carbocycles. The molecule has 174 valence electrons. The molecule has 0 aromatic heterocycles. The Morgan fingerprint density at radius 2 is 2.00 bits per heavy atom. The van der Waals surface area contributed by atoms with Crippen molar-refractivity contribution in [2.75, 3.05) is 12.3 Å². The number of thioether (sulfide) groups is 1. The summed E-state index contributed by atoms with van der Waals surface area (Å²) < 4.78 is 35.0. The predicted molar refractivity (Wildman–Crippen MR) is 128 cm³/mol. The number of nitrogen functional groups attached to an aromatic ring is 1. The maximum Gasteiger partial charge on any atom is 0.346 e. The summed E-state index contributed by atoms with van der Waals surface area (Å²) in [4.78, 5) is 20.0. The van der Waals surface area contributed by atoms with Crippen molar-refractivity contribution < 1.29 is 18.3 Å². The quantitative estimate of drug-likeness (QED) is 0.410. The molecule has 0 saturated heterocycles. The average molecular weight is 492 g/mol. The lowest BCUT2D eigenvalue weighted by atomic mass is 9.80. The highest BCUT2D eigenvalue weighted by Crippen LogP contribution is 2.56. The second kappa shape index (κ2) is 8.65. The monoisotopic (exact) mass is 491 g/mol. The van der Waals surface area contributed by atoms with Gasteiger partial charge in [0.05, 0.1) is 17.7 Å². The van der Waals surface area contributed by atoms with Crippen molar-refractivity contribution in [1.29, 1.82) is 0 Å². The first-order valence-electron chi connectivity index (χ1n) is 10.6. The molecular weight excluding hydrogens is 468 g/mol. The highest BCUT2D eigenvalue weighted by atomic mass is 35.5. The summed E-state index contributed by atoms with van der Waals surface area (Å²) in [5.74, 6) is -1.61. The lowest BCUT2D eigenvalue weighted by Crippen LogP contribution is -2.36. The van der Waals surface area contributed by atoms with Crippen LogP contribution in [0.5, 0.6) is 0 Å². The van der Waals surface area contributed by atoms with Crippen LogP contribution < -0.4 is 5.73 Å². The first-order valence-corrected chi connectivity index (χ1v) is 11.8. The smallest absolute Gasteiger partial charge is 0.346 e. The molecule has 0 spiro atoms. The number of carbonyl (C=O) groups is 1. The average Bonchev–Trinajstić information content (AvgIpc) is 3.22. The van der Waals surface area contributed by atoms with E-state index in [9.17, 15) is 9.18 Å². The Morgan fingerprint density at radius 3 is 2.61 bits per heavy atom. The molecule has 0 radical (unpaired) electrons. The van der Waals surface area contributed by atoms with Gasteiger partial charge in [0.1, 0.15) is 22.1 Å². The Bertz CT molecular complexity index is 1200. The van der Waals surface area contributed by atoms with E-state index in [0.29, 0.717) is 32.6 Å². The van der Waals surface area contributed by atoms with E-state index in [2.05, 4.69) is 0 Å². The number of hydrogen-bond donors (Lipinski definition) is 1. The van der Waals surface area contributed by atoms with Crippen LogP contribution in [0.4, 0.5) is 14.5 Å². The van der Waals surface area contributed by atoms with E-state index < -0.39 is 29.2 Å². The minimum absolute atomic E-state index is 0.0131. The summed E-state index contributed by atoms with van der Waals surface area (Å²) >= 11 is 7.13. The van der Waals surface area contributed by atoms with E-state index in [1.54, 1.807) is 32.0 Å². The Morgan fingerprint density at radius 1 is 1.27 bits per heavy atom. The maximum atomic E-state index is 15.2. The Labute approximate surface area is 200 Å². The second-order valence-corrected chi connectivity index (χ2v) is 9.80. The van der Waals surface area contributed by atoms with E-state index in [0.717, 1.165) is 0 Å². The number of nitrogens with zero attached hydrogens (tertiary/aromatic N) is 2. The molecule has 2 aromatic rings. The molecule has 0 fully saturated rings. The van der Waals surface area contributed by atoms with Gasteiger partial charge in [-0.3, -0.25) is 0 Å². The van der Waals surface area contributed by atoms with Crippen molar-refractivity contribution in [1.82, 2.24) is 4.90 Å². The van der Waals surface area contributed by atoms with Crippen molar-refractivity contribution in [3.8, 4) is 0 Å². The van der Waals surface area contributed by atoms with Gasteiger partial charge in [0.2, 0.25) is 0 Å². The topological polar surface area (TPSA) is 67.9 Å². The highest BCUT2D eigenvalue weighted by molar-refractivity contribution is 8.18. The van der Waals surface area contributed by atoms with Crippen LogP contribution >= 0.6 is 23.4 Å². The lowest BCUT2D eigenvalue weighted by molar-refractivity contribution is -0.137. The SMILES string of the molecule is CCOC(=O)C1=C(C(C)C)N2C(=NC(C)(c3ccc(N)cc3F)C2c2ccc(Cl)c(F)c2)S1. The largest absolute Gasteiger partial charge is 0.462 e. The molecule has 0 bridgehead atoms. The van der Waals surface area contributed by atoms with Crippen molar-refractivity contribution >= 4 is 40.2 Å². The first kappa shape index (κ1) is 23.6. The van der Waals surface area contributed by atoms with Gasteiger partial charge < -0.3 is 15.4 Å². The summed E-state index contributed by atoms with van der Waals surface area (Å²) in [5, 5.41) is 0.515. The molecule has 5 nitrogen and oxygen atoms in total. The minimum Gasteiger partial charge on any atom is -0.462 e. The summed E-state index contributed by atoms with van der Waals surface area (Å²) in [6, 6.07) is 8.35. The van der Waals surface area contributed by atoms with Crippen LogP contribution in [-0.4, -0.2) is 22.6 Å². The predicted octanol–water partition coefficient (Wildman–Crippen LogP) is 6.01. The number of aliphatic imine (C=N–C) groups is 1. The fourth-order valence-corrected chi connectivity index (χ4v) is 5.85. The third-order valence-electron chi connectivity index (χ3n) is 5.82. The molecule has 4 rings (SSSR count). The van der Waals surface area contributed by atoms with Gasteiger partial charge in [-0.2, -0.15) is 0 Å². The lowest BCUT2D eigenvalue weighted by Gasteiger charge is -2.37. The second-order valence-electron chi connectivity index (χ2n) is 8.42. The van der Waals surface area contributed by atoms with Crippen LogP contribution in [0.1, 0.15) is 44.9 Å². The zero-order valence-corrected chi connectivity index (χ0v) is 20.2. The molecule has 2 heterocycles. The fourth-order valence-electron chi connectivity index (χ4n) is 4.43. The molecule has 9 heteroatoms. The van der Waals surface area contributed by atoms with Crippen molar-refractivity contribution in [2.45, 2.75) is 39.3 Å². The van der Waals surface area contributed by atoms with Gasteiger partial charge in [-0.15, -0.1) is 0 Å². The summed E-state index contributed by atoms with van der Waals surface area (Å²) in [6.07, 6.45) is 0. The van der Waals surface area contributed by atoms with Gasteiger partial charge in [0.15, 0.2) is 5.17 Å². The number of halogens is 3. The van der Waals surface area contributed by atoms with E-state index in [4.69, 9.17) is 27.1 Å². The minimum atomic E-state index is -1.12. The van der Waals surface area contributed by atoms with E-state index in [1.807, 2.05) is 18.7 Å². The summed E-state index contributed by atoms with van der Waals surface area (Å²) in [5.41, 5.74) is 6.52. The van der Waals surface area contributed by atoms with Crippen LogP contribution in [0.2, 0.25) is 5.02 Å². The number of ether oxygens (including phenoxy) is 1. The number of allylic oxidation sites excluding steroid dienone is 1. The fraction of sp³-hybridized carbons (Fsp3) is 0.333. The molecule has 0 amide bonds. The number of benzene rings is 2. The van der Waals surface area contributed by atoms with Gasteiger partial charge in [0, 0.05) is 16.9 Å². The highest BCUT2D eigenvalue weighted by Gasteiger charge is 2.54. The summed E-state index contributed by atoms with van der Waals surface area (Å²) in [7, 11) is 0. The standard InChI is InChI=1S/C24H24ClF2N3O2S/c1-5-32-22(31)20-19(12(2)3)30-21(13-6-9-16(25)18(27)10-13)24(4,29-23(30)33-20)15-8-7-14(28)11-17(15)26/h6-12,21H,5,28H2,1-4H3. The Hall–Kier alpha value is -2.58. The number of fused-ring (bicyclic) bond motifs is 1. The Balaban J connectivity index is 1.94. The number of anilines is 1. The van der Waals surface area contributed by atoms with E-state index >= 15 is 4.39 Å². The van der Waals surface area contributed by atoms with Gasteiger partial charge in [-0.1, -0.05) is 37.6 Å². The molecular formula is C24H24ClF2N3O2S. The molecule has 33 heavy (non-hydrogen) atoms. The van der Waals surface area contributed by atoms with Crippen molar-refractivity contribution in [3.63, 3.8) is 0 Å². The molecule has 2 aliphatic rings. The molecule has 2 atom stereocenters. The number of rotatable bonds is 5.